The van der Waals surface area contributed by atoms with E-state index in [0.717, 1.165) is 0 Å². The van der Waals surface area contributed by atoms with Crippen LogP contribution in [0.4, 0.5) is 10.1 Å². The van der Waals surface area contributed by atoms with Gasteiger partial charge in [0, 0.05) is 11.8 Å². The maximum atomic E-state index is 12.9. The summed E-state index contributed by atoms with van der Waals surface area (Å²) in [7, 11) is 0. The summed E-state index contributed by atoms with van der Waals surface area (Å²) in [5.74, 6) is 0.638. The molecule has 16 heavy (non-hydrogen) atoms. The van der Waals surface area contributed by atoms with Crippen LogP contribution in [0.3, 0.4) is 0 Å². The van der Waals surface area contributed by atoms with Gasteiger partial charge < -0.3 is 10.5 Å². The molecule has 2 N–H and O–H groups in total. The van der Waals surface area contributed by atoms with Crippen LogP contribution in [0.25, 0.3) is 0 Å². The molecule has 2 rings (SSSR count). The van der Waals surface area contributed by atoms with Crippen LogP contribution in [0.15, 0.2) is 42.5 Å². The van der Waals surface area contributed by atoms with Crippen molar-refractivity contribution in [3.8, 4) is 11.5 Å². The van der Waals surface area contributed by atoms with Gasteiger partial charge in [0.2, 0.25) is 0 Å². The Morgan fingerprint density at radius 1 is 1.00 bits per heavy atom. The van der Waals surface area contributed by atoms with E-state index in [1.54, 1.807) is 24.3 Å². The fraction of sp³-hybridized carbons (Fsp3) is 0. The molecule has 0 saturated heterocycles. The minimum atomic E-state index is -0.466. The lowest BCUT2D eigenvalue weighted by atomic mass is 10.3. The van der Waals surface area contributed by atoms with Crippen LogP contribution in [0.1, 0.15) is 0 Å². The second kappa shape index (κ2) is 4.41. The molecule has 0 heterocycles. The monoisotopic (exact) mass is 237 g/mol. The summed E-state index contributed by atoms with van der Waals surface area (Å²) in [6.07, 6.45) is 0. The van der Waals surface area contributed by atoms with Crippen LogP contribution in [0, 0.1) is 5.82 Å². The van der Waals surface area contributed by atoms with E-state index < -0.39 is 5.82 Å². The fourth-order valence-electron chi connectivity index (χ4n) is 1.21. The molecular formula is C12H9ClFNO. The zero-order valence-electron chi connectivity index (χ0n) is 8.28. The second-order valence-electron chi connectivity index (χ2n) is 3.25. The summed E-state index contributed by atoms with van der Waals surface area (Å²) >= 11 is 5.63. The van der Waals surface area contributed by atoms with Gasteiger partial charge in [0.05, 0.1) is 5.02 Å². The average Bonchev–Trinajstić information content (AvgIpc) is 2.27. The summed E-state index contributed by atoms with van der Waals surface area (Å²) in [5.41, 5.74) is 6.19. The van der Waals surface area contributed by atoms with Crippen molar-refractivity contribution in [3.05, 3.63) is 53.3 Å². The zero-order chi connectivity index (χ0) is 11.5. The Hall–Kier alpha value is -1.74. The highest BCUT2D eigenvalue weighted by Crippen LogP contribution is 2.26. The molecule has 82 valence electrons. The molecule has 0 amide bonds. The van der Waals surface area contributed by atoms with E-state index >= 15 is 0 Å². The van der Waals surface area contributed by atoms with Crippen molar-refractivity contribution in [2.75, 3.05) is 5.73 Å². The Morgan fingerprint density at radius 3 is 2.25 bits per heavy atom. The Morgan fingerprint density at radius 2 is 1.62 bits per heavy atom. The first-order valence-electron chi connectivity index (χ1n) is 4.63. The van der Waals surface area contributed by atoms with Gasteiger partial charge in [-0.3, -0.25) is 0 Å². The first kappa shape index (κ1) is 10.8. The van der Waals surface area contributed by atoms with Crippen LogP contribution >= 0.6 is 11.6 Å². The van der Waals surface area contributed by atoms with Gasteiger partial charge in [-0.15, -0.1) is 0 Å². The van der Waals surface area contributed by atoms with Gasteiger partial charge in [0.15, 0.2) is 0 Å². The van der Waals surface area contributed by atoms with Crippen LogP contribution in [-0.2, 0) is 0 Å². The SMILES string of the molecule is Nc1ccc(Oc2ccc(F)c(Cl)c2)cc1. The lowest BCUT2D eigenvalue weighted by Crippen LogP contribution is -1.87. The number of hydrogen-bond donors (Lipinski definition) is 1. The predicted octanol–water partition coefficient (Wildman–Crippen LogP) is 3.85. The Bertz CT molecular complexity index is 499. The molecule has 0 aliphatic rings. The lowest BCUT2D eigenvalue weighted by Gasteiger charge is -2.06. The topological polar surface area (TPSA) is 35.2 Å². The largest absolute Gasteiger partial charge is 0.457 e. The zero-order valence-corrected chi connectivity index (χ0v) is 9.04. The number of nitrogen functional groups attached to an aromatic ring is 1. The number of anilines is 1. The van der Waals surface area contributed by atoms with Crippen molar-refractivity contribution in [1.29, 1.82) is 0 Å². The molecule has 0 saturated carbocycles. The van der Waals surface area contributed by atoms with E-state index in [9.17, 15) is 4.39 Å². The molecule has 2 aromatic carbocycles. The van der Waals surface area contributed by atoms with Gasteiger partial charge in [0.25, 0.3) is 0 Å². The summed E-state index contributed by atoms with van der Waals surface area (Å²) in [6.45, 7) is 0. The Labute approximate surface area is 97.4 Å². The van der Waals surface area contributed by atoms with Crippen molar-refractivity contribution in [2.24, 2.45) is 0 Å². The third-order valence-corrected chi connectivity index (χ3v) is 2.30. The maximum absolute atomic E-state index is 12.9. The van der Waals surface area contributed by atoms with Gasteiger partial charge >= 0.3 is 0 Å². The smallest absolute Gasteiger partial charge is 0.142 e. The minimum absolute atomic E-state index is 0.0351. The number of nitrogens with two attached hydrogens (primary N) is 1. The van der Waals surface area contributed by atoms with Gasteiger partial charge in [-0.05, 0) is 36.4 Å². The maximum Gasteiger partial charge on any atom is 0.142 e. The lowest BCUT2D eigenvalue weighted by molar-refractivity contribution is 0.481. The van der Waals surface area contributed by atoms with E-state index in [4.69, 9.17) is 22.1 Å². The highest BCUT2D eigenvalue weighted by molar-refractivity contribution is 6.30. The molecule has 4 heteroatoms. The number of halogens is 2. The van der Waals surface area contributed by atoms with Crippen molar-refractivity contribution in [3.63, 3.8) is 0 Å². The number of benzene rings is 2. The third kappa shape index (κ3) is 2.44. The molecule has 0 aliphatic heterocycles. The first-order valence-corrected chi connectivity index (χ1v) is 5.01. The standard InChI is InChI=1S/C12H9ClFNO/c13-11-7-10(5-6-12(11)14)16-9-3-1-8(15)2-4-9/h1-7H,15H2. The quantitative estimate of drug-likeness (QED) is 0.805. The third-order valence-electron chi connectivity index (χ3n) is 2.01. The Balaban J connectivity index is 2.20. The molecule has 0 spiro atoms. The van der Waals surface area contributed by atoms with Crippen LogP contribution in [0.2, 0.25) is 5.02 Å². The molecule has 0 radical (unpaired) electrons. The second-order valence-corrected chi connectivity index (χ2v) is 3.65. The van der Waals surface area contributed by atoms with E-state index in [1.807, 2.05) is 0 Å². The average molecular weight is 238 g/mol. The molecular weight excluding hydrogens is 229 g/mol. The van der Waals surface area contributed by atoms with Gasteiger partial charge in [-0.25, -0.2) is 4.39 Å². The van der Waals surface area contributed by atoms with Gasteiger partial charge in [-0.1, -0.05) is 11.6 Å². The van der Waals surface area contributed by atoms with Crippen LogP contribution in [0.5, 0.6) is 11.5 Å². The molecule has 0 atom stereocenters. The minimum Gasteiger partial charge on any atom is -0.457 e. The van der Waals surface area contributed by atoms with E-state index in [2.05, 4.69) is 0 Å². The van der Waals surface area contributed by atoms with Crippen molar-refractivity contribution in [1.82, 2.24) is 0 Å². The summed E-state index contributed by atoms with van der Waals surface area (Å²) in [6, 6.07) is 11.1. The molecule has 0 fully saturated rings. The molecule has 0 unspecified atom stereocenters. The normalized spacial score (nSPS) is 10.1. The first-order chi connectivity index (χ1) is 7.65. The molecule has 2 nitrogen and oxygen atoms in total. The number of hydrogen-bond acceptors (Lipinski definition) is 2. The van der Waals surface area contributed by atoms with E-state index in [0.29, 0.717) is 17.2 Å². The van der Waals surface area contributed by atoms with Crippen molar-refractivity contribution in [2.45, 2.75) is 0 Å². The molecule has 0 bridgehead atoms. The predicted molar refractivity (Wildman–Crippen MR) is 62.3 cm³/mol. The molecule has 0 aliphatic carbocycles. The van der Waals surface area contributed by atoms with Crippen molar-refractivity contribution < 1.29 is 9.13 Å². The van der Waals surface area contributed by atoms with Crippen LogP contribution in [-0.4, -0.2) is 0 Å². The van der Waals surface area contributed by atoms with Crippen molar-refractivity contribution >= 4 is 17.3 Å². The number of rotatable bonds is 2. The van der Waals surface area contributed by atoms with Crippen LogP contribution < -0.4 is 10.5 Å². The van der Waals surface area contributed by atoms with Gasteiger partial charge in [0.1, 0.15) is 17.3 Å². The number of ether oxygens (including phenoxy) is 1. The van der Waals surface area contributed by atoms with E-state index in [-0.39, 0.29) is 5.02 Å². The fourth-order valence-corrected chi connectivity index (χ4v) is 1.38. The summed E-state index contributed by atoms with van der Waals surface area (Å²) in [4.78, 5) is 0. The van der Waals surface area contributed by atoms with E-state index in [1.165, 1.54) is 18.2 Å². The molecule has 0 aromatic heterocycles. The highest BCUT2D eigenvalue weighted by atomic mass is 35.5. The summed E-state index contributed by atoms with van der Waals surface area (Å²) < 4.78 is 18.3. The summed E-state index contributed by atoms with van der Waals surface area (Å²) in [5, 5.41) is 0.0351. The highest BCUT2D eigenvalue weighted by Gasteiger charge is 2.02. The van der Waals surface area contributed by atoms with Gasteiger partial charge in [-0.2, -0.15) is 0 Å². The molecule has 2 aromatic rings. The Kier molecular flexibility index (Phi) is 2.97.